The van der Waals surface area contributed by atoms with Gasteiger partial charge in [-0.1, -0.05) is 76.8 Å². The van der Waals surface area contributed by atoms with Crippen LogP contribution in [0.1, 0.15) is 83.7 Å². The van der Waals surface area contributed by atoms with Gasteiger partial charge >= 0.3 is 12.1 Å². The molecule has 5 amide bonds. The summed E-state index contributed by atoms with van der Waals surface area (Å²) in [5.41, 5.74) is 0.313. The van der Waals surface area contributed by atoms with Crippen LogP contribution in [0.2, 0.25) is 0 Å². The minimum atomic E-state index is -1.38. The van der Waals surface area contributed by atoms with Gasteiger partial charge in [-0.15, -0.1) is 0 Å². The molecule has 1 saturated heterocycles. The predicted octanol–water partition coefficient (Wildman–Crippen LogP) is 1.19. The Hall–Kier alpha value is -4.53. The van der Waals surface area contributed by atoms with E-state index >= 15 is 0 Å². The number of benzene rings is 1. The van der Waals surface area contributed by atoms with Gasteiger partial charge in [0, 0.05) is 13.0 Å². The Morgan fingerprint density at radius 1 is 0.959 bits per heavy atom. The van der Waals surface area contributed by atoms with Crippen LogP contribution in [0.3, 0.4) is 0 Å². The average molecular weight is 688 g/mol. The summed E-state index contributed by atoms with van der Waals surface area (Å²) in [5, 5.41) is 29.8. The maximum atomic E-state index is 13.9. The lowest BCUT2D eigenvalue weighted by Gasteiger charge is -2.34. The van der Waals surface area contributed by atoms with E-state index in [1.807, 2.05) is 13.8 Å². The molecule has 1 heterocycles. The van der Waals surface area contributed by atoms with Gasteiger partial charge in [-0.2, -0.15) is 0 Å². The molecule has 49 heavy (non-hydrogen) atoms. The lowest BCUT2D eigenvalue weighted by Crippen LogP contribution is -2.58. The number of aliphatic hydroxyl groups is 1. The molecule has 1 aliphatic heterocycles. The molecule has 2 unspecified atom stereocenters. The van der Waals surface area contributed by atoms with E-state index in [1.54, 1.807) is 25.1 Å². The molecule has 15 nitrogen and oxygen atoms in total. The summed E-state index contributed by atoms with van der Waals surface area (Å²) in [6.07, 6.45) is 2.71. The highest BCUT2D eigenvalue weighted by atomic mass is 16.5. The molecular weight excluding hydrogens is 638 g/mol. The third kappa shape index (κ3) is 11.5. The molecule has 1 aliphatic carbocycles. The minimum Gasteiger partial charge on any atom is -0.479 e. The first-order chi connectivity index (χ1) is 23.3. The maximum Gasteiger partial charge on any atom is 0.407 e. The molecule has 2 aliphatic rings. The molecule has 6 N–H and O–H groups in total. The van der Waals surface area contributed by atoms with Crippen LogP contribution >= 0.6 is 0 Å². The zero-order valence-electron chi connectivity index (χ0n) is 28.3. The highest BCUT2D eigenvalue weighted by Gasteiger charge is 2.44. The number of nitrogens with one attached hydrogen (secondary N) is 4. The molecule has 15 heteroatoms. The van der Waals surface area contributed by atoms with Crippen LogP contribution in [-0.4, -0.2) is 101 Å². The Labute approximate surface area is 285 Å². The van der Waals surface area contributed by atoms with Gasteiger partial charge in [-0.25, -0.2) is 9.59 Å². The van der Waals surface area contributed by atoms with Crippen LogP contribution < -0.4 is 21.3 Å². The number of ether oxygens (including phenoxy) is 1. The Morgan fingerprint density at radius 2 is 1.63 bits per heavy atom. The van der Waals surface area contributed by atoms with Gasteiger partial charge in [0.15, 0.2) is 6.04 Å². The predicted molar refractivity (Wildman–Crippen MR) is 176 cm³/mol. The number of nitrogens with zero attached hydrogens (tertiary/aromatic N) is 1. The molecule has 1 aromatic rings. The van der Waals surface area contributed by atoms with Crippen molar-refractivity contribution in [2.24, 2.45) is 11.8 Å². The smallest absolute Gasteiger partial charge is 0.407 e. The van der Waals surface area contributed by atoms with Crippen LogP contribution in [0.15, 0.2) is 30.3 Å². The zero-order chi connectivity index (χ0) is 36.1. The summed E-state index contributed by atoms with van der Waals surface area (Å²) in [6.45, 7) is 4.80. The number of carbonyl (C=O) groups is 7. The van der Waals surface area contributed by atoms with Crippen molar-refractivity contribution in [1.82, 2.24) is 26.2 Å². The van der Waals surface area contributed by atoms with E-state index < -0.39 is 78.3 Å². The fraction of sp³-hybridized carbons (Fsp3) is 0.618. The molecule has 3 rings (SSSR count). The van der Waals surface area contributed by atoms with E-state index in [4.69, 9.17) is 4.74 Å². The van der Waals surface area contributed by atoms with Crippen molar-refractivity contribution in [2.45, 2.75) is 102 Å². The van der Waals surface area contributed by atoms with Crippen LogP contribution in [-0.2, 0) is 33.5 Å². The van der Waals surface area contributed by atoms with Crippen molar-refractivity contribution in [2.75, 3.05) is 19.7 Å². The van der Waals surface area contributed by atoms with Crippen molar-refractivity contribution in [1.29, 1.82) is 0 Å². The lowest BCUT2D eigenvalue weighted by atomic mass is 9.83. The number of carboxylic acid groups (broad SMARTS) is 1. The quantitative estimate of drug-likeness (QED) is 0.136. The van der Waals surface area contributed by atoms with Crippen molar-refractivity contribution < 1.29 is 48.5 Å². The number of amides is 5. The summed E-state index contributed by atoms with van der Waals surface area (Å²) < 4.78 is 5.27. The number of hydrogen-bond acceptors (Lipinski definition) is 9. The molecule has 0 aromatic heterocycles. The monoisotopic (exact) mass is 687 g/mol. The van der Waals surface area contributed by atoms with E-state index in [0.717, 1.165) is 19.3 Å². The second kappa shape index (κ2) is 18.9. The van der Waals surface area contributed by atoms with Gasteiger partial charge in [0.2, 0.25) is 23.5 Å². The second-order valence-electron chi connectivity index (χ2n) is 13.1. The topological polar surface area (TPSA) is 221 Å². The van der Waals surface area contributed by atoms with Crippen molar-refractivity contribution >= 4 is 41.5 Å². The number of β-amino-alcohol motifs (C(OH)–C–C–N with tert-alkyl or cyclic N) is 1. The Balaban J connectivity index is 1.66. The molecule has 0 spiro atoms. The third-order valence-electron chi connectivity index (χ3n) is 8.60. The van der Waals surface area contributed by atoms with Gasteiger partial charge in [-0.05, 0) is 36.7 Å². The highest BCUT2D eigenvalue weighted by molar-refractivity contribution is 6.38. The molecular formula is C34H49N5O10. The van der Waals surface area contributed by atoms with Crippen LogP contribution in [0.25, 0.3) is 0 Å². The van der Waals surface area contributed by atoms with Crippen LogP contribution in [0.4, 0.5) is 4.79 Å². The number of aliphatic hydroxyl groups excluding tert-OH is 1. The summed E-state index contributed by atoms with van der Waals surface area (Å²) in [6, 6.07) is 3.12. The molecule has 270 valence electrons. The Morgan fingerprint density at radius 3 is 2.24 bits per heavy atom. The van der Waals surface area contributed by atoms with Crippen molar-refractivity contribution in [3.8, 4) is 0 Å². The van der Waals surface area contributed by atoms with E-state index in [0.29, 0.717) is 24.8 Å². The third-order valence-corrected chi connectivity index (χ3v) is 8.60. The SMILES string of the molecule is CCCC(NC(=O)C1C[C@@H](O)CN1C(=O)[C@@H](NC(=O)OCC(C)C)C1CCCCC1)C(=O)C(=O)NCC(=O)N[C@H](C(=O)O)c1ccccc1. The highest BCUT2D eigenvalue weighted by Crippen LogP contribution is 2.29. The van der Waals surface area contributed by atoms with Crippen molar-refractivity contribution in [3.05, 3.63) is 35.9 Å². The fourth-order valence-corrected chi connectivity index (χ4v) is 6.12. The average Bonchev–Trinajstić information content (AvgIpc) is 3.49. The van der Waals surface area contributed by atoms with E-state index in [-0.39, 0.29) is 37.8 Å². The standard InChI is InChI=1S/C34H49N5O10/c1-4-11-24(29(42)31(44)35-17-26(41)37-28(33(46)47)22-14-9-6-10-15-22)36-30(43)25-16-23(40)18-39(25)32(45)27(21-12-7-5-8-13-21)38-34(48)49-19-20(2)3/h6,9-10,14-15,20-21,23-25,27-28,40H,4-5,7-8,11-13,16-19H2,1-3H3,(H,35,44)(H,36,43)(H,37,41)(H,38,48)(H,46,47)/t23-,24?,25?,27+,28+/m1/s1. The largest absolute Gasteiger partial charge is 0.479 e. The Kier molecular flexibility index (Phi) is 15.0. The van der Waals surface area contributed by atoms with Crippen molar-refractivity contribution in [3.63, 3.8) is 0 Å². The van der Waals surface area contributed by atoms with Crippen LogP contribution in [0, 0.1) is 11.8 Å². The summed E-state index contributed by atoms with van der Waals surface area (Å²) in [7, 11) is 0. The molecule has 1 saturated carbocycles. The van der Waals surface area contributed by atoms with Crippen LogP contribution in [0.5, 0.6) is 0 Å². The van der Waals surface area contributed by atoms with Gasteiger partial charge in [0.25, 0.3) is 5.91 Å². The fourth-order valence-electron chi connectivity index (χ4n) is 6.12. The number of alkyl carbamates (subject to hydrolysis) is 1. The normalized spacial score (nSPS) is 19.7. The molecule has 0 bridgehead atoms. The molecule has 2 fully saturated rings. The number of rotatable bonds is 16. The summed E-state index contributed by atoms with van der Waals surface area (Å²) in [5.74, 6) is -5.77. The number of hydrogen-bond donors (Lipinski definition) is 6. The molecule has 1 aromatic carbocycles. The molecule has 5 atom stereocenters. The number of ketones is 1. The van der Waals surface area contributed by atoms with Gasteiger partial charge in [0.1, 0.15) is 12.1 Å². The zero-order valence-corrected chi connectivity index (χ0v) is 28.3. The first kappa shape index (κ1) is 38.9. The number of aliphatic carboxylic acids is 1. The lowest BCUT2D eigenvalue weighted by molar-refractivity contribution is -0.144. The van der Waals surface area contributed by atoms with E-state index in [9.17, 15) is 43.8 Å². The maximum absolute atomic E-state index is 13.9. The van der Waals surface area contributed by atoms with Gasteiger partial charge in [-0.3, -0.25) is 24.0 Å². The second-order valence-corrected chi connectivity index (χ2v) is 13.1. The minimum absolute atomic E-state index is 0.0659. The Bertz CT molecular complexity index is 1330. The van der Waals surface area contributed by atoms with E-state index in [2.05, 4.69) is 21.3 Å². The van der Waals surface area contributed by atoms with Gasteiger partial charge in [0.05, 0.1) is 25.3 Å². The van der Waals surface area contributed by atoms with Gasteiger partial charge < -0.3 is 41.1 Å². The first-order valence-corrected chi connectivity index (χ1v) is 16.9. The van der Waals surface area contributed by atoms with E-state index in [1.165, 1.54) is 17.0 Å². The number of carboxylic acids is 1. The molecule has 0 radical (unpaired) electrons. The first-order valence-electron chi connectivity index (χ1n) is 16.9. The summed E-state index contributed by atoms with van der Waals surface area (Å²) in [4.78, 5) is 91.4. The number of carbonyl (C=O) groups excluding carboxylic acids is 6. The summed E-state index contributed by atoms with van der Waals surface area (Å²) >= 11 is 0. The number of likely N-dealkylation sites (tertiary alicyclic amines) is 1. The number of Topliss-reactive ketones (excluding diaryl/α,β-unsaturated/α-hetero) is 1.